The number of carbonyl (C=O) groups is 1. The summed E-state index contributed by atoms with van der Waals surface area (Å²) >= 11 is 0. The number of nitrogens with zero attached hydrogens (tertiary/aromatic N) is 3. The smallest absolute Gasteiger partial charge is 0.120 e. The average Bonchev–Trinajstić information content (AvgIpc) is 2.80. The topological polar surface area (TPSA) is 47.8 Å². The number of carbonyl (C=O) groups excluding carboxylic acids is 1. The lowest BCUT2D eigenvalue weighted by molar-refractivity contribution is -0.107. The van der Waals surface area contributed by atoms with Gasteiger partial charge in [0.25, 0.3) is 0 Å². The van der Waals surface area contributed by atoms with E-state index in [1.807, 2.05) is 24.3 Å². The van der Waals surface area contributed by atoms with Gasteiger partial charge in [0.15, 0.2) is 0 Å². The van der Waals surface area contributed by atoms with Gasteiger partial charge in [0, 0.05) is 6.42 Å². The van der Waals surface area contributed by atoms with Crippen LogP contribution in [0.3, 0.4) is 0 Å². The van der Waals surface area contributed by atoms with E-state index in [2.05, 4.69) is 10.2 Å². The second-order valence-corrected chi connectivity index (χ2v) is 3.19. The van der Waals surface area contributed by atoms with Gasteiger partial charge >= 0.3 is 0 Å². The van der Waals surface area contributed by atoms with Crippen molar-refractivity contribution >= 4 is 6.29 Å². The second-order valence-electron chi connectivity index (χ2n) is 3.19. The Kier molecular flexibility index (Phi) is 2.88. The van der Waals surface area contributed by atoms with E-state index in [1.54, 1.807) is 17.2 Å². The maximum absolute atomic E-state index is 10.3. The highest BCUT2D eigenvalue weighted by atomic mass is 16.1. The van der Waals surface area contributed by atoms with Gasteiger partial charge in [-0.25, -0.2) is 0 Å². The average molecular weight is 201 g/mol. The Morgan fingerprint density at radius 3 is 2.80 bits per heavy atom. The Balaban J connectivity index is 2.23. The summed E-state index contributed by atoms with van der Waals surface area (Å²) in [6, 6.07) is 7.86. The van der Waals surface area contributed by atoms with Gasteiger partial charge in [-0.05, 0) is 24.1 Å². The lowest BCUT2D eigenvalue weighted by Crippen LogP contribution is -1.99. The molecule has 0 fully saturated rings. The Hall–Kier alpha value is -1.97. The van der Waals surface area contributed by atoms with Crippen molar-refractivity contribution in [2.75, 3.05) is 0 Å². The summed E-state index contributed by atoms with van der Waals surface area (Å²) in [7, 11) is 0. The monoisotopic (exact) mass is 201 g/mol. The van der Waals surface area contributed by atoms with Gasteiger partial charge in [0.05, 0.1) is 18.1 Å². The first-order chi connectivity index (χ1) is 7.40. The first-order valence-corrected chi connectivity index (χ1v) is 4.79. The maximum Gasteiger partial charge on any atom is 0.120 e. The van der Waals surface area contributed by atoms with E-state index >= 15 is 0 Å². The molecule has 2 rings (SSSR count). The highest BCUT2D eigenvalue weighted by Gasteiger charge is 1.98. The van der Waals surface area contributed by atoms with E-state index in [-0.39, 0.29) is 0 Å². The molecule has 0 bridgehead atoms. The molecular formula is C11H11N3O. The fourth-order valence-corrected chi connectivity index (χ4v) is 1.41. The third-order valence-corrected chi connectivity index (χ3v) is 2.11. The molecule has 1 aromatic heterocycles. The van der Waals surface area contributed by atoms with Crippen LogP contribution in [0.2, 0.25) is 0 Å². The fourth-order valence-electron chi connectivity index (χ4n) is 1.41. The standard InChI is InChI=1S/C11H11N3O/c15-8-2-4-10-3-1-5-11(9-10)14-12-6-7-13-14/h1,3,5-9H,2,4H2. The van der Waals surface area contributed by atoms with E-state index in [1.165, 1.54) is 0 Å². The summed E-state index contributed by atoms with van der Waals surface area (Å²) in [4.78, 5) is 11.8. The minimum Gasteiger partial charge on any atom is -0.303 e. The summed E-state index contributed by atoms with van der Waals surface area (Å²) in [6.45, 7) is 0. The van der Waals surface area contributed by atoms with Crippen molar-refractivity contribution in [2.24, 2.45) is 0 Å². The Labute approximate surface area is 87.5 Å². The lowest BCUT2D eigenvalue weighted by atomic mass is 10.1. The van der Waals surface area contributed by atoms with Crippen LogP contribution >= 0.6 is 0 Å². The zero-order chi connectivity index (χ0) is 10.5. The summed E-state index contributed by atoms with van der Waals surface area (Å²) in [5.74, 6) is 0. The number of benzene rings is 1. The number of hydrogen-bond donors (Lipinski definition) is 0. The summed E-state index contributed by atoms with van der Waals surface area (Å²) in [6.07, 6.45) is 5.52. The van der Waals surface area contributed by atoms with Crippen molar-refractivity contribution in [1.82, 2.24) is 15.0 Å². The molecule has 0 spiro atoms. The van der Waals surface area contributed by atoms with Crippen molar-refractivity contribution < 1.29 is 4.79 Å². The van der Waals surface area contributed by atoms with Crippen LogP contribution in [-0.2, 0) is 11.2 Å². The predicted octanol–water partition coefficient (Wildman–Crippen LogP) is 1.40. The summed E-state index contributed by atoms with van der Waals surface area (Å²) in [5, 5.41) is 8.09. The zero-order valence-electron chi connectivity index (χ0n) is 8.21. The molecule has 0 N–H and O–H groups in total. The van der Waals surface area contributed by atoms with Gasteiger partial charge < -0.3 is 4.79 Å². The first kappa shape index (κ1) is 9.58. The molecule has 0 amide bonds. The van der Waals surface area contributed by atoms with Crippen molar-refractivity contribution in [2.45, 2.75) is 12.8 Å². The molecular weight excluding hydrogens is 190 g/mol. The molecule has 0 aliphatic rings. The van der Waals surface area contributed by atoms with Crippen LogP contribution in [0, 0.1) is 0 Å². The minimum absolute atomic E-state index is 0.552. The molecule has 0 saturated heterocycles. The van der Waals surface area contributed by atoms with Crippen LogP contribution in [0.5, 0.6) is 0 Å². The molecule has 2 aromatic rings. The lowest BCUT2D eigenvalue weighted by Gasteiger charge is -2.02. The molecule has 0 atom stereocenters. The quantitative estimate of drug-likeness (QED) is 0.702. The Bertz CT molecular complexity index is 437. The van der Waals surface area contributed by atoms with Crippen LogP contribution in [0.4, 0.5) is 0 Å². The van der Waals surface area contributed by atoms with E-state index in [9.17, 15) is 4.79 Å². The number of rotatable bonds is 4. The van der Waals surface area contributed by atoms with Crippen LogP contribution in [0.25, 0.3) is 5.69 Å². The van der Waals surface area contributed by atoms with E-state index < -0.39 is 0 Å². The highest BCUT2D eigenvalue weighted by molar-refractivity contribution is 5.50. The van der Waals surface area contributed by atoms with Gasteiger partial charge in [0.1, 0.15) is 6.29 Å². The predicted molar refractivity (Wildman–Crippen MR) is 55.7 cm³/mol. The minimum atomic E-state index is 0.552. The maximum atomic E-state index is 10.3. The van der Waals surface area contributed by atoms with Crippen LogP contribution in [0.1, 0.15) is 12.0 Å². The highest BCUT2D eigenvalue weighted by Crippen LogP contribution is 2.09. The number of aryl methyl sites for hydroxylation is 1. The molecule has 0 aliphatic heterocycles. The number of hydrogen-bond acceptors (Lipinski definition) is 3. The van der Waals surface area contributed by atoms with Crippen LogP contribution < -0.4 is 0 Å². The van der Waals surface area contributed by atoms with E-state index in [0.717, 1.165) is 24.0 Å². The molecule has 4 nitrogen and oxygen atoms in total. The van der Waals surface area contributed by atoms with Crippen molar-refractivity contribution in [3.8, 4) is 5.69 Å². The van der Waals surface area contributed by atoms with Crippen molar-refractivity contribution in [3.63, 3.8) is 0 Å². The number of aldehydes is 1. The summed E-state index contributed by atoms with van der Waals surface area (Å²) < 4.78 is 0. The van der Waals surface area contributed by atoms with Gasteiger partial charge in [-0.2, -0.15) is 15.0 Å². The molecule has 0 unspecified atom stereocenters. The van der Waals surface area contributed by atoms with Crippen molar-refractivity contribution in [3.05, 3.63) is 42.2 Å². The van der Waals surface area contributed by atoms with Gasteiger partial charge in [-0.15, -0.1) is 0 Å². The molecule has 15 heavy (non-hydrogen) atoms. The van der Waals surface area contributed by atoms with Gasteiger partial charge in [0.2, 0.25) is 0 Å². The molecule has 4 heteroatoms. The normalized spacial score (nSPS) is 10.1. The van der Waals surface area contributed by atoms with Crippen LogP contribution in [0.15, 0.2) is 36.7 Å². The molecule has 0 saturated carbocycles. The van der Waals surface area contributed by atoms with Crippen molar-refractivity contribution in [1.29, 1.82) is 0 Å². The molecule has 0 radical (unpaired) electrons. The number of aromatic nitrogens is 3. The first-order valence-electron chi connectivity index (χ1n) is 4.79. The van der Waals surface area contributed by atoms with Crippen LogP contribution in [-0.4, -0.2) is 21.3 Å². The summed E-state index contributed by atoms with van der Waals surface area (Å²) in [5.41, 5.74) is 2.04. The molecule has 1 aromatic carbocycles. The SMILES string of the molecule is O=CCCc1cccc(-n2nccn2)c1. The zero-order valence-corrected chi connectivity index (χ0v) is 8.21. The van der Waals surface area contributed by atoms with Gasteiger partial charge in [-0.3, -0.25) is 0 Å². The molecule has 0 aliphatic carbocycles. The Morgan fingerprint density at radius 2 is 2.07 bits per heavy atom. The largest absolute Gasteiger partial charge is 0.303 e. The van der Waals surface area contributed by atoms with Gasteiger partial charge in [-0.1, -0.05) is 12.1 Å². The third kappa shape index (κ3) is 2.28. The van der Waals surface area contributed by atoms with E-state index in [4.69, 9.17) is 0 Å². The third-order valence-electron chi connectivity index (χ3n) is 2.11. The Morgan fingerprint density at radius 1 is 1.27 bits per heavy atom. The molecule has 1 heterocycles. The van der Waals surface area contributed by atoms with E-state index in [0.29, 0.717) is 6.42 Å². The second kappa shape index (κ2) is 4.50. The molecule has 76 valence electrons. The fraction of sp³-hybridized carbons (Fsp3) is 0.182.